The zero-order valence-electron chi connectivity index (χ0n) is 31.0. The van der Waals surface area contributed by atoms with E-state index in [0.29, 0.717) is 17.6 Å². The van der Waals surface area contributed by atoms with Crippen LogP contribution in [0.15, 0.2) is 78.9 Å². The third kappa shape index (κ3) is 14.4. The summed E-state index contributed by atoms with van der Waals surface area (Å²) in [7, 11) is -3.39. The van der Waals surface area contributed by atoms with Crippen molar-refractivity contribution in [2.45, 2.75) is 84.5 Å². The fourth-order valence-electron chi connectivity index (χ4n) is 6.03. The van der Waals surface area contributed by atoms with E-state index in [4.69, 9.17) is 0 Å². The van der Waals surface area contributed by atoms with Crippen molar-refractivity contribution in [1.82, 2.24) is 10.2 Å². The van der Waals surface area contributed by atoms with E-state index in [1.807, 2.05) is 72.9 Å². The van der Waals surface area contributed by atoms with Crippen LogP contribution < -0.4 is 5.32 Å². The average Bonchev–Trinajstić information content (AvgIpc) is 3.44. The molecule has 0 aliphatic carbocycles. The number of carboxylic acids is 1. The van der Waals surface area contributed by atoms with E-state index < -0.39 is 27.8 Å². The maximum Gasteiger partial charge on any atom is 0.326 e. The van der Waals surface area contributed by atoms with E-state index >= 15 is 0 Å². The number of sulfone groups is 1. The summed E-state index contributed by atoms with van der Waals surface area (Å²) in [6.45, 7) is 13.1. The van der Waals surface area contributed by atoms with Crippen molar-refractivity contribution < 1.29 is 23.1 Å². The Morgan fingerprint density at radius 1 is 1.10 bits per heavy atom. The molecule has 1 amide bonds. The molecule has 1 aliphatic heterocycles. The topological polar surface area (TPSA) is 104 Å². The number of hydrogen-bond donors (Lipinski definition) is 2. The summed E-state index contributed by atoms with van der Waals surface area (Å²) in [4.78, 5) is 28.0. The minimum absolute atomic E-state index is 0.207. The van der Waals surface area contributed by atoms with Gasteiger partial charge >= 0.3 is 5.97 Å². The van der Waals surface area contributed by atoms with E-state index in [2.05, 4.69) is 62.2 Å². The normalized spacial score (nSPS) is 17.9. The Kier molecular flexibility index (Phi) is 19.3. The maximum absolute atomic E-state index is 13.5. The first-order valence-corrected chi connectivity index (χ1v) is 22.2. The third-order valence-corrected chi connectivity index (χ3v) is 11.7. The Balaban J connectivity index is 0.00000112. The summed E-state index contributed by atoms with van der Waals surface area (Å²) in [6, 6.07) is 13.1. The molecular formula is C40H58N2O5S3. The second-order valence-electron chi connectivity index (χ2n) is 13.1. The van der Waals surface area contributed by atoms with Gasteiger partial charge in [-0.15, -0.1) is 0 Å². The molecule has 3 rings (SSSR count). The second kappa shape index (κ2) is 22.2. The highest BCUT2D eigenvalue weighted by Gasteiger charge is 2.33. The number of thioether (sulfide) groups is 2. The maximum atomic E-state index is 13.5. The second-order valence-corrected chi connectivity index (χ2v) is 17.2. The Morgan fingerprint density at radius 3 is 2.36 bits per heavy atom. The highest BCUT2D eigenvalue weighted by atomic mass is 32.2. The predicted molar refractivity (Wildman–Crippen MR) is 216 cm³/mol. The lowest BCUT2D eigenvalue weighted by molar-refractivity contribution is -0.139. The number of likely N-dealkylation sites (tertiary alicyclic amines) is 1. The fraction of sp³-hybridized carbons (Fsp3) is 0.500. The quantitative estimate of drug-likeness (QED) is 0.147. The summed E-state index contributed by atoms with van der Waals surface area (Å²) in [5.41, 5.74) is 5.31. The predicted octanol–water partition coefficient (Wildman–Crippen LogP) is 8.45. The van der Waals surface area contributed by atoms with Gasteiger partial charge in [0.25, 0.3) is 5.91 Å². The lowest BCUT2D eigenvalue weighted by Crippen LogP contribution is -2.42. The number of allylic oxidation sites excluding steroid dienone is 4. The monoisotopic (exact) mass is 742 g/mol. The standard InChI is InChI=1S/C34H44N2O5S2.C6H14S/c1-6-8-12-25(7-2)20-27-15-16-28(23-42-4)36(27)22-26-14-17-30(31(21-26)29-13-10-9-11-24(29)3)33(37)35-32(34(38)39)18-19-43(5,40)41;1-4-6(2)5-7-3/h6-14,17,21,27-28,32H,1,15-16,18-20,22-23H2,2-5H3,(H,35,37)(H,38,39);6H,4-5H2,1-3H3/b12-8-,25-7+;/t;6-/m.1/s1. The van der Waals surface area contributed by atoms with Crippen LogP contribution in [-0.4, -0.2) is 84.5 Å². The first kappa shape index (κ1) is 43.4. The van der Waals surface area contributed by atoms with Gasteiger partial charge in [-0.1, -0.05) is 87.1 Å². The van der Waals surface area contributed by atoms with Crippen molar-refractivity contribution >= 4 is 45.2 Å². The van der Waals surface area contributed by atoms with Crippen LogP contribution in [0, 0.1) is 12.8 Å². The summed E-state index contributed by atoms with van der Waals surface area (Å²) in [5.74, 6) is 1.12. The molecule has 276 valence electrons. The lowest BCUT2D eigenvalue weighted by Gasteiger charge is -2.31. The molecule has 2 aromatic rings. The number of nitrogens with zero attached hydrogens (tertiary/aromatic N) is 1. The smallest absolute Gasteiger partial charge is 0.326 e. The van der Waals surface area contributed by atoms with Crippen LogP contribution in [-0.2, 0) is 21.2 Å². The van der Waals surface area contributed by atoms with Crippen molar-refractivity contribution in [3.8, 4) is 11.1 Å². The number of amides is 1. The van der Waals surface area contributed by atoms with Crippen LogP contribution in [0.1, 0.15) is 74.4 Å². The van der Waals surface area contributed by atoms with Crippen molar-refractivity contribution in [2.24, 2.45) is 5.92 Å². The van der Waals surface area contributed by atoms with Gasteiger partial charge in [-0.25, -0.2) is 13.2 Å². The summed E-state index contributed by atoms with van der Waals surface area (Å²) in [6.07, 6.45) is 17.7. The molecule has 1 saturated heterocycles. The number of carbonyl (C=O) groups is 2. The SMILES string of the molecule is C=C/C=C\C(=C/C)CC1CCC(CSC)N1Cc1ccc(C(=O)NC(CCS(C)(=O)=O)C(=O)O)c(-c2ccccc2C)c1.CC[C@@H](C)CSC. The van der Waals surface area contributed by atoms with Gasteiger partial charge in [-0.3, -0.25) is 9.69 Å². The minimum Gasteiger partial charge on any atom is -0.480 e. The Morgan fingerprint density at radius 2 is 1.80 bits per heavy atom. The molecule has 0 radical (unpaired) electrons. The molecule has 1 fully saturated rings. The number of benzene rings is 2. The van der Waals surface area contributed by atoms with E-state index in [1.165, 1.54) is 17.7 Å². The highest BCUT2D eigenvalue weighted by molar-refractivity contribution is 7.98. The molecule has 0 bridgehead atoms. The van der Waals surface area contributed by atoms with Gasteiger partial charge < -0.3 is 10.4 Å². The van der Waals surface area contributed by atoms with Gasteiger partial charge in [0.1, 0.15) is 15.9 Å². The molecule has 2 aromatic carbocycles. The number of carboxylic acid groups (broad SMARTS) is 1. The molecule has 0 aromatic heterocycles. The molecule has 1 aliphatic rings. The van der Waals surface area contributed by atoms with Crippen LogP contribution in [0.4, 0.5) is 0 Å². The van der Waals surface area contributed by atoms with Gasteiger partial charge in [-0.05, 0) is 98.1 Å². The number of hydrogen-bond acceptors (Lipinski definition) is 7. The molecule has 10 heteroatoms. The molecule has 1 heterocycles. The van der Waals surface area contributed by atoms with E-state index in [0.717, 1.165) is 66.0 Å². The van der Waals surface area contributed by atoms with Crippen molar-refractivity contribution in [1.29, 1.82) is 0 Å². The van der Waals surface area contributed by atoms with E-state index in [9.17, 15) is 23.1 Å². The molecule has 50 heavy (non-hydrogen) atoms. The average molecular weight is 743 g/mol. The summed E-state index contributed by atoms with van der Waals surface area (Å²) in [5, 5.41) is 12.3. The molecule has 3 unspecified atom stereocenters. The molecule has 4 atom stereocenters. The van der Waals surface area contributed by atoms with Gasteiger partial charge in [0, 0.05) is 36.2 Å². The first-order chi connectivity index (χ1) is 23.8. The third-order valence-electron chi connectivity index (χ3n) is 9.08. The van der Waals surface area contributed by atoms with Crippen LogP contribution in [0.2, 0.25) is 0 Å². The van der Waals surface area contributed by atoms with Crippen molar-refractivity contribution in [3.05, 3.63) is 95.6 Å². The van der Waals surface area contributed by atoms with Crippen LogP contribution in [0.3, 0.4) is 0 Å². The number of aliphatic carboxylic acids is 1. The van der Waals surface area contributed by atoms with Crippen molar-refractivity contribution in [2.75, 3.05) is 36.0 Å². The minimum atomic E-state index is -3.39. The molecule has 0 spiro atoms. The molecule has 7 nitrogen and oxygen atoms in total. The highest BCUT2D eigenvalue weighted by Crippen LogP contribution is 2.34. The Hall–Kier alpha value is -2.79. The zero-order chi connectivity index (χ0) is 37.3. The molecule has 2 N–H and O–H groups in total. The fourth-order valence-corrected chi connectivity index (χ4v) is 8.25. The van der Waals surface area contributed by atoms with E-state index in [1.54, 1.807) is 12.1 Å². The van der Waals surface area contributed by atoms with E-state index in [-0.39, 0.29) is 12.2 Å². The zero-order valence-corrected chi connectivity index (χ0v) is 33.4. The summed E-state index contributed by atoms with van der Waals surface area (Å²) >= 11 is 3.79. The van der Waals surface area contributed by atoms with Crippen molar-refractivity contribution in [3.63, 3.8) is 0 Å². The molecular weight excluding hydrogens is 685 g/mol. The Bertz CT molecular complexity index is 1570. The number of rotatable bonds is 18. The van der Waals surface area contributed by atoms with Crippen LogP contribution in [0.25, 0.3) is 11.1 Å². The van der Waals surface area contributed by atoms with Gasteiger partial charge in [0.05, 0.1) is 5.75 Å². The Labute approximate surface area is 310 Å². The van der Waals surface area contributed by atoms with Gasteiger partial charge in [0.2, 0.25) is 0 Å². The number of aryl methyl sites for hydroxylation is 1. The van der Waals surface area contributed by atoms with Gasteiger partial charge in [0.15, 0.2) is 0 Å². The lowest BCUT2D eigenvalue weighted by atomic mass is 9.93. The number of carbonyl (C=O) groups excluding carboxylic acids is 1. The van der Waals surface area contributed by atoms with Crippen LogP contribution >= 0.6 is 23.5 Å². The number of nitrogens with one attached hydrogen (secondary N) is 1. The molecule has 0 saturated carbocycles. The van der Waals surface area contributed by atoms with Crippen LogP contribution in [0.5, 0.6) is 0 Å². The summed E-state index contributed by atoms with van der Waals surface area (Å²) < 4.78 is 23.3. The first-order valence-electron chi connectivity index (χ1n) is 17.4. The van der Waals surface area contributed by atoms with Gasteiger partial charge in [-0.2, -0.15) is 23.5 Å². The largest absolute Gasteiger partial charge is 0.480 e.